The molecule has 10 heavy (non-hydrogen) atoms. The topological polar surface area (TPSA) is 50.4 Å². The molecular weight excluding hydrogens is 220 g/mol. The second-order valence-electron chi connectivity index (χ2n) is 1.12. The SMILES string of the molecule is O=c1cccco1.[Fe].[OH][Fe]. The molecule has 0 aromatic carbocycles. The van der Waals surface area contributed by atoms with Gasteiger partial charge in [0.05, 0.1) is 6.26 Å². The Balaban J connectivity index is 0. The first-order chi connectivity index (χ1) is 4.39. The van der Waals surface area contributed by atoms with E-state index in [2.05, 4.69) is 20.8 Å². The first kappa shape index (κ1) is 12.6. The van der Waals surface area contributed by atoms with E-state index in [0.717, 1.165) is 0 Å². The molecule has 1 aromatic heterocycles. The minimum absolute atomic E-state index is 0. The summed E-state index contributed by atoms with van der Waals surface area (Å²) in [5.41, 5.74) is -0.303. The molecule has 0 bridgehead atoms. The molecule has 1 rings (SSSR count). The molecule has 3 nitrogen and oxygen atoms in total. The maximum absolute atomic E-state index is 10.1. The van der Waals surface area contributed by atoms with Crippen LogP contribution in [-0.4, -0.2) is 4.19 Å². The molecule has 0 atom stereocenters. The van der Waals surface area contributed by atoms with Crippen LogP contribution in [0.1, 0.15) is 0 Å². The van der Waals surface area contributed by atoms with Gasteiger partial charge in [0.15, 0.2) is 0 Å². The Kier molecular flexibility index (Phi) is 11.3. The molecule has 0 aliphatic heterocycles. The standard InChI is InChI=1S/C5H4O2.2Fe.H2O/c6-5-3-1-2-4-7-5;;;/h1-4H;;;1H2/q;;+1;/p-1. The summed E-state index contributed by atoms with van der Waals surface area (Å²) in [5, 5.41) is 0. The summed E-state index contributed by atoms with van der Waals surface area (Å²) in [7, 11) is 0. The zero-order valence-electron chi connectivity index (χ0n) is 4.78. The normalized spacial score (nSPS) is 6.60. The van der Waals surface area contributed by atoms with Gasteiger partial charge < -0.3 is 4.42 Å². The van der Waals surface area contributed by atoms with Crippen molar-refractivity contribution in [2.75, 3.05) is 0 Å². The van der Waals surface area contributed by atoms with Crippen molar-refractivity contribution in [3.63, 3.8) is 0 Å². The van der Waals surface area contributed by atoms with E-state index in [1.807, 2.05) is 0 Å². The van der Waals surface area contributed by atoms with Gasteiger partial charge >= 0.3 is 26.2 Å². The van der Waals surface area contributed by atoms with Crippen molar-refractivity contribution in [2.24, 2.45) is 0 Å². The summed E-state index contributed by atoms with van der Waals surface area (Å²) in [6, 6.07) is 4.65. The van der Waals surface area contributed by atoms with Crippen LogP contribution >= 0.6 is 0 Å². The van der Waals surface area contributed by atoms with E-state index in [0.29, 0.717) is 0 Å². The van der Waals surface area contributed by atoms with Crippen LogP contribution in [0.15, 0.2) is 33.7 Å². The first-order valence-electron chi connectivity index (χ1n) is 2.09. The molecule has 1 N–H and O–H groups in total. The van der Waals surface area contributed by atoms with Crippen molar-refractivity contribution in [1.29, 1.82) is 0 Å². The van der Waals surface area contributed by atoms with E-state index >= 15 is 0 Å². The monoisotopic (exact) mass is 225 g/mol. The van der Waals surface area contributed by atoms with Gasteiger partial charge in [-0.1, -0.05) is 6.07 Å². The van der Waals surface area contributed by atoms with Crippen LogP contribution in [0, 0.1) is 0 Å². The Hall–Kier alpha value is -0.0510. The Morgan fingerprint density at radius 1 is 1.40 bits per heavy atom. The average molecular weight is 225 g/mol. The fourth-order valence-electron chi connectivity index (χ4n) is 0.325. The Labute approximate surface area is 77.1 Å². The Bertz CT molecular complexity index is 181. The summed E-state index contributed by atoms with van der Waals surface area (Å²) >= 11 is 2.25. The van der Waals surface area contributed by atoms with Crippen LogP contribution < -0.4 is 5.63 Å². The van der Waals surface area contributed by atoms with Crippen molar-refractivity contribution in [3.05, 3.63) is 34.9 Å². The summed E-state index contributed by atoms with van der Waals surface area (Å²) < 4.78 is 11.1. The molecule has 0 spiro atoms. The van der Waals surface area contributed by atoms with Crippen LogP contribution in [0.5, 0.6) is 0 Å². The predicted octanol–water partition coefficient (Wildman–Crippen LogP) is 0.0778. The van der Waals surface area contributed by atoms with Gasteiger partial charge in [0.2, 0.25) is 0 Å². The molecule has 0 saturated carbocycles. The van der Waals surface area contributed by atoms with Gasteiger partial charge in [-0.2, -0.15) is 0 Å². The molecule has 0 aliphatic carbocycles. The zero-order valence-corrected chi connectivity index (χ0v) is 6.99. The van der Waals surface area contributed by atoms with E-state index in [4.69, 9.17) is 4.19 Å². The second kappa shape index (κ2) is 8.95. The van der Waals surface area contributed by atoms with Gasteiger partial charge in [-0.15, -0.1) is 0 Å². The van der Waals surface area contributed by atoms with Crippen molar-refractivity contribution in [3.8, 4) is 0 Å². The maximum atomic E-state index is 10.1. The van der Waals surface area contributed by atoms with Gasteiger partial charge in [-0.25, -0.2) is 4.79 Å². The average Bonchev–Trinajstić information content (AvgIpc) is 1.94. The van der Waals surface area contributed by atoms with E-state index < -0.39 is 0 Å². The third-order valence-corrected chi connectivity index (χ3v) is 0.606. The summed E-state index contributed by atoms with van der Waals surface area (Å²) in [6.45, 7) is 0. The number of hydrogen-bond acceptors (Lipinski definition) is 3. The molecule has 1 aromatic rings. The van der Waals surface area contributed by atoms with Crippen molar-refractivity contribution < 1.29 is 42.0 Å². The van der Waals surface area contributed by atoms with Gasteiger partial charge in [0.25, 0.3) is 0 Å². The molecule has 0 radical (unpaired) electrons. The number of hydrogen-bond donors (Lipinski definition) is 1. The van der Waals surface area contributed by atoms with E-state index in [1.165, 1.54) is 12.3 Å². The van der Waals surface area contributed by atoms with Crippen LogP contribution in [0.2, 0.25) is 0 Å². The molecule has 0 amide bonds. The second-order valence-corrected chi connectivity index (χ2v) is 1.12. The van der Waals surface area contributed by atoms with Crippen molar-refractivity contribution in [2.45, 2.75) is 0 Å². The molecule has 5 heteroatoms. The fraction of sp³-hybridized carbons (Fsp3) is 0. The molecule has 0 fully saturated rings. The quantitative estimate of drug-likeness (QED) is 0.635. The Morgan fingerprint density at radius 3 is 2.20 bits per heavy atom. The molecular formula is C5H5Fe2O3. The van der Waals surface area contributed by atoms with Crippen LogP contribution in [0.25, 0.3) is 0 Å². The van der Waals surface area contributed by atoms with Crippen LogP contribution in [0.4, 0.5) is 0 Å². The van der Waals surface area contributed by atoms with Gasteiger partial charge in [0.1, 0.15) is 0 Å². The molecule has 1 heterocycles. The minimum atomic E-state index is -0.303. The van der Waals surface area contributed by atoms with E-state index in [1.54, 1.807) is 12.1 Å². The Morgan fingerprint density at radius 2 is 2.00 bits per heavy atom. The van der Waals surface area contributed by atoms with Crippen LogP contribution in [0.3, 0.4) is 0 Å². The summed E-state index contributed by atoms with van der Waals surface area (Å²) in [4.78, 5) is 10.1. The number of rotatable bonds is 0. The zero-order chi connectivity index (χ0) is 7.11. The summed E-state index contributed by atoms with van der Waals surface area (Å²) in [5.74, 6) is 0. The third-order valence-electron chi connectivity index (χ3n) is 0.606. The van der Waals surface area contributed by atoms with Crippen LogP contribution in [-0.2, 0) is 33.4 Å². The predicted molar refractivity (Wildman–Crippen MR) is 27.2 cm³/mol. The van der Waals surface area contributed by atoms with Gasteiger partial charge in [-0.05, 0) is 6.07 Å². The molecule has 59 valence electrons. The van der Waals surface area contributed by atoms with Gasteiger partial charge in [-0.3, -0.25) is 0 Å². The third kappa shape index (κ3) is 6.07. The van der Waals surface area contributed by atoms with Gasteiger partial charge in [0, 0.05) is 23.1 Å². The fourth-order valence-corrected chi connectivity index (χ4v) is 0.325. The summed E-state index contributed by atoms with van der Waals surface area (Å²) in [6.07, 6.45) is 1.35. The van der Waals surface area contributed by atoms with E-state index in [-0.39, 0.29) is 22.7 Å². The molecule has 0 saturated heterocycles. The van der Waals surface area contributed by atoms with E-state index in [9.17, 15) is 4.79 Å². The van der Waals surface area contributed by atoms with Crippen molar-refractivity contribution in [1.82, 2.24) is 0 Å². The molecule has 0 unspecified atom stereocenters. The molecule has 0 aliphatic rings. The first-order valence-corrected chi connectivity index (χ1v) is 2.58. The van der Waals surface area contributed by atoms with Crippen molar-refractivity contribution >= 4 is 0 Å².